The van der Waals surface area contributed by atoms with Crippen molar-refractivity contribution in [3.8, 4) is 0 Å². The first-order valence-corrected chi connectivity index (χ1v) is 8.64. The minimum absolute atomic E-state index is 0.0405. The second-order valence-corrected chi connectivity index (χ2v) is 5.62. The summed E-state index contributed by atoms with van der Waals surface area (Å²) in [5.74, 6) is 0.603. The van der Waals surface area contributed by atoms with Crippen LogP contribution in [-0.4, -0.2) is 31.5 Å². The van der Waals surface area contributed by atoms with Gasteiger partial charge in [0.1, 0.15) is 0 Å². The number of carbonyl (C=O) groups excluding carboxylic acids is 1. The Morgan fingerprint density at radius 3 is 2.16 bits per heavy atom. The van der Waals surface area contributed by atoms with Crippen LogP contribution in [0.2, 0.25) is 0 Å². The van der Waals surface area contributed by atoms with Crippen LogP contribution in [0.5, 0.6) is 0 Å². The van der Waals surface area contributed by atoms with Crippen LogP contribution in [0, 0.1) is 0 Å². The van der Waals surface area contributed by atoms with E-state index in [-0.39, 0.29) is 12.5 Å². The Labute approximate surface area is 149 Å². The van der Waals surface area contributed by atoms with Gasteiger partial charge >= 0.3 is 0 Å². The molecule has 1 amide bonds. The molecule has 0 saturated carbocycles. The minimum Gasteiger partial charge on any atom is -0.357 e. The maximum Gasteiger partial charge on any atom is 0.239 e. The molecule has 0 unspecified atom stereocenters. The van der Waals surface area contributed by atoms with Crippen molar-refractivity contribution in [2.75, 3.05) is 19.6 Å². The molecule has 0 radical (unpaired) electrons. The SMILES string of the molecule is CCNC(=NCc1ccccc1)NCC(=O)NCCc1ccccc1. The average Bonchev–Trinajstić information content (AvgIpc) is 2.66. The Hall–Kier alpha value is -2.82. The zero-order valence-electron chi connectivity index (χ0n) is 14.7. The molecule has 5 nitrogen and oxygen atoms in total. The van der Waals surface area contributed by atoms with Crippen molar-refractivity contribution >= 4 is 11.9 Å². The number of nitrogens with one attached hydrogen (secondary N) is 3. The van der Waals surface area contributed by atoms with Gasteiger partial charge in [0.15, 0.2) is 5.96 Å². The summed E-state index contributed by atoms with van der Waals surface area (Å²) in [5, 5.41) is 9.13. The van der Waals surface area contributed by atoms with Gasteiger partial charge in [-0.15, -0.1) is 0 Å². The van der Waals surface area contributed by atoms with Gasteiger partial charge < -0.3 is 16.0 Å². The van der Waals surface area contributed by atoms with Crippen molar-refractivity contribution in [3.05, 3.63) is 71.8 Å². The van der Waals surface area contributed by atoms with Gasteiger partial charge in [0.25, 0.3) is 0 Å². The monoisotopic (exact) mass is 338 g/mol. The van der Waals surface area contributed by atoms with E-state index in [0.717, 1.165) is 18.5 Å². The summed E-state index contributed by atoms with van der Waals surface area (Å²) in [4.78, 5) is 16.5. The molecule has 0 spiro atoms. The lowest BCUT2D eigenvalue weighted by molar-refractivity contribution is -0.119. The summed E-state index contributed by atoms with van der Waals surface area (Å²) in [6.45, 7) is 4.15. The number of guanidine groups is 1. The molecule has 0 atom stereocenters. The summed E-state index contributed by atoms with van der Waals surface area (Å²) < 4.78 is 0. The van der Waals surface area contributed by atoms with Crippen LogP contribution in [0.1, 0.15) is 18.1 Å². The van der Waals surface area contributed by atoms with Gasteiger partial charge in [0.2, 0.25) is 5.91 Å². The number of hydrogen-bond acceptors (Lipinski definition) is 2. The van der Waals surface area contributed by atoms with Gasteiger partial charge in [0.05, 0.1) is 13.1 Å². The van der Waals surface area contributed by atoms with E-state index in [4.69, 9.17) is 0 Å². The van der Waals surface area contributed by atoms with Crippen LogP contribution in [-0.2, 0) is 17.8 Å². The molecule has 0 aromatic heterocycles. The van der Waals surface area contributed by atoms with Crippen molar-refractivity contribution in [3.63, 3.8) is 0 Å². The molecule has 25 heavy (non-hydrogen) atoms. The number of benzene rings is 2. The Morgan fingerprint density at radius 1 is 0.880 bits per heavy atom. The number of carbonyl (C=O) groups is 1. The molecule has 2 aromatic carbocycles. The molecule has 0 saturated heterocycles. The minimum atomic E-state index is -0.0405. The van der Waals surface area contributed by atoms with E-state index in [1.165, 1.54) is 5.56 Å². The highest BCUT2D eigenvalue weighted by Crippen LogP contribution is 2.00. The molecule has 2 aromatic rings. The summed E-state index contributed by atoms with van der Waals surface area (Å²) >= 11 is 0. The molecule has 0 aliphatic heterocycles. The second kappa shape index (κ2) is 10.9. The Morgan fingerprint density at radius 2 is 1.52 bits per heavy atom. The maximum absolute atomic E-state index is 12.0. The number of hydrogen-bond donors (Lipinski definition) is 3. The van der Waals surface area contributed by atoms with Gasteiger partial charge in [0, 0.05) is 13.1 Å². The molecule has 3 N–H and O–H groups in total. The first-order chi connectivity index (χ1) is 12.3. The van der Waals surface area contributed by atoms with Crippen LogP contribution >= 0.6 is 0 Å². The van der Waals surface area contributed by atoms with E-state index >= 15 is 0 Å². The summed E-state index contributed by atoms with van der Waals surface area (Å²) in [7, 11) is 0. The van der Waals surface area contributed by atoms with Crippen molar-refractivity contribution in [1.29, 1.82) is 0 Å². The molecule has 2 rings (SSSR count). The Bertz CT molecular complexity index is 656. The van der Waals surface area contributed by atoms with Crippen LogP contribution in [0.3, 0.4) is 0 Å². The first kappa shape index (κ1) is 18.5. The van der Waals surface area contributed by atoms with Gasteiger partial charge in [-0.3, -0.25) is 4.79 Å². The van der Waals surface area contributed by atoms with Gasteiger partial charge in [-0.25, -0.2) is 4.99 Å². The standard InChI is InChI=1S/C20H26N4O/c1-2-21-20(23-15-18-11-7-4-8-12-18)24-16-19(25)22-14-13-17-9-5-3-6-10-17/h3-12H,2,13-16H2,1H3,(H,22,25)(H2,21,23,24). The molecule has 0 bridgehead atoms. The molecule has 0 heterocycles. The molecule has 0 aliphatic rings. The summed E-state index contributed by atoms with van der Waals surface area (Å²) in [6, 6.07) is 20.1. The third-order valence-electron chi connectivity index (χ3n) is 3.60. The predicted molar refractivity (Wildman–Crippen MR) is 102 cm³/mol. The van der Waals surface area contributed by atoms with E-state index in [9.17, 15) is 4.79 Å². The summed E-state index contributed by atoms with van der Waals surface area (Å²) in [5.41, 5.74) is 2.35. The van der Waals surface area contributed by atoms with Gasteiger partial charge in [-0.1, -0.05) is 60.7 Å². The molecular weight excluding hydrogens is 312 g/mol. The number of nitrogens with zero attached hydrogens (tertiary/aromatic N) is 1. The van der Waals surface area contributed by atoms with Crippen molar-refractivity contribution < 1.29 is 4.79 Å². The van der Waals surface area contributed by atoms with E-state index in [1.807, 2.05) is 55.5 Å². The molecule has 5 heteroatoms. The van der Waals surface area contributed by atoms with E-state index in [2.05, 4.69) is 33.1 Å². The highest BCUT2D eigenvalue weighted by atomic mass is 16.1. The zero-order valence-corrected chi connectivity index (χ0v) is 14.7. The summed E-state index contributed by atoms with van der Waals surface area (Å²) in [6.07, 6.45) is 0.828. The fraction of sp³-hybridized carbons (Fsp3) is 0.300. The highest BCUT2D eigenvalue weighted by Gasteiger charge is 2.03. The van der Waals surface area contributed by atoms with Crippen LogP contribution in [0.25, 0.3) is 0 Å². The molecule has 0 aliphatic carbocycles. The Balaban J connectivity index is 1.73. The van der Waals surface area contributed by atoms with E-state index in [1.54, 1.807) is 0 Å². The smallest absolute Gasteiger partial charge is 0.239 e. The molecule has 132 valence electrons. The zero-order chi connectivity index (χ0) is 17.7. The average molecular weight is 338 g/mol. The third kappa shape index (κ3) is 7.52. The molecule has 0 fully saturated rings. The second-order valence-electron chi connectivity index (χ2n) is 5.62. The fourth-order valence-corrected chi connectivity index (χ4v) is 2.31. The van der Waals surface area contributed by atoms with Gasteiger partial charge in [-0.05, 0) is 24.5 Å². The highest BCUT2D eigenvalue weighted by molar-refractivity contribution is 5.86. The van der Waals surface area contributed by atoms with E-state index < -0.39 is 0 Å². The number of amides is 1. The largest absolute Gasteiger partial charge is 0.357 e. The number of rotatable bonds is 8. The fourth-order valence-electron chi connectivity index (χ4n) is 2.31. The predicted octanol–water partition coefficient (Wildman–Crippen LogP) is 2.10. The topological polar surface area (TPSA) is 65.5 Å². The van der Waals surface area contributed by atoms with Crippen molar-refractivity contribution in [2.24, 2.45) is 4.99 Å². The van der Waals surface area contributed by atoms with E-state index in [0.29, 0.717) is 19.0 Å². The lowest BCUT2D eigenvalue weighted by Crippen LogP contribution is -2.43. The normalized spacial score (nSPS) is 11.0. The van der Waals surface area contributed by atoms with Crippen LogP contribution in [0.15, 0.2) is 65.7 Å². The first-order valence-electron chi connectivity index (χ1n) is 8.64. The lowest BCUT2D eigenvalue weighted by Gasteiger charge is -2.11. The van der Waals surface area contributed by atoms with Crippen molar-refractivity contribution in [1.82, 2.24) is 16.0 Å². The molecular formula is C20H26N4O. The van der Waals surface area contributed by atoms with Crippen LogP contribution in [0.4, 0.5) is 0 Å². The van der Waals surface area contributed by atoms with Crippen LogP contribution < -0.4 is 16.0 Å². The third-order valence-corrected chi connectivity index (χ3v) is 3.60. The number of aliphatic imine (C=N–C) groups is 1. The Kier molecular flexibility index (Phi) is 8.05. The van der Waals surface area contributed by atoms with Crippen molar-refractivity contribution in [2.45, 2.75) is 19.9 Å². The maximum atomic E-state index is 12.0. The lowest BCUT2D eigenvalue weighted by atomic mass is 10.1. The quantitative estimate of drug-likeness (QED) is 0.510. The van der Waals surface area contributed by atoms with Gasteiger partial charge in [-0.2, -0.15) is 0 Å².